The Hall–Kier alpha value is -7.87. The van der Waals surface area contributed by atoms with Crippen LogP contribution in [-0.2, 0) is 0 Å². The van der Waals surface area contributed by atoms with Crippen LogP contribution in [-0.4, -0.2) is 24.1 Å². The lowest BCUT2D eigenvalue weighted by Crippen LogP contribution is -2.06. The summed E-state index contributed by atoms with van der Waals surface area (Å²) >= 11 is 0. The van der Waals surface area contributed by atoms with Gasteiger partial charge in [-0.05, 0) is 60.7 Å². The van der Waals surface area contributed by atoms with Gasteiger partial charge in [0.05, 0.1) is 56.7 Å². The Morgan fingerprint density at radius 2 is 0.722 bits per heavy atom. The normalized spacial score (nSPS) is 11.3. The van der Waals surface area contributed by atoms with Crippen LogP contribution in [0, 0.1) is 22.7 Å². The van der Waals surface area contributed by atoms with Crippen molar-refractivity contribution in [2.24, 2.45) is 0 Å². The molecular formula is C47H27N7. The second-order valence-electron chi connectivity index (χ2n) is 13.1. The molecule has 0 spiro atoms. The first-order chi connectivity index (χ1) is 26.7. The Morgan fingerprint density at radius 1 is 0.370 bits per heavy atom. The minimum absolute atomic E-state index is 0.406. The number of nitriles is 2. The zero-order chi connectivity index (χ0) is 36.2. The molecule has 7 heteroatoms. The van der Waals surface area contributed by atoms with Crippen molar-refractivity contribution in [2.75, 3.05) is 0 Å². The van der Waals surface area contributed by atoms with Crippen LogP contribution in [0.3, 0.4) is 0 Å². The molecule has 10 aromatic rings. The van der Waals surface area contributed by atoms with Crippen LogP contribution >= 0.6 is 0 Å². The standard InChI is InChI=1S/C47H27N7/c48-28-30-22-24-43(53-39-18-8-4-14-33(39)34-15-5-9-19-40(34)53)37(26-30)46-50-45(32-12-2-1-3-13-32)51-47(52-46)38-27-31(29-49)23-25-44(38)54-41-20-10-6-16-35(41)36-17-7-11-21-42(36)54/h1-27H. The second-order valence-corrected chi connectivity index (χ2v) is 13.1. The van der Waals surface area contributed by atoms with Crippen molar-refractivity contribution in [3.63, 3.8) is 0 Å². The van der Waals surface area contributed by atoms with Crippen LogP contribution in [0.25, 0.3) is 89.2 Å². The molecule has 0 aliphatic carbocycles. The number of rotatable bonds is 5. The Morgan fingerprint density at radius 3 is 1.11 bits per heavy atom. The van der Waals surface area contributed by atoms with Crippen LogP contribution in [0.2, 0.25) is 0 Å². The van der Waals surface area contributed by atoms with Crippen molar-refractivity contribution in [2.45, 2.75) is 0 Å². The second kappa shape index (κ2) is 12.4. The largest absolute Gasteiger partial charge is 0.309 e. The fourth-order valence-corrected chi connectivity index (χ4v) is 7.66. The van der Waals surface area contributed by atoms with E-state index in [2.05, 4.69) is 69.8 Å². The lowest BCUT2D eigenvalue weighted by Gasteiger charge is -2.17. The van der Waals surface area contributed by atoms with E-state index in [1.807, 2.05) is 115 Å². The van der Waals surface area contributed by atoms with Crippen molar-refractivity contribution in [3.05, 3.63) is 175 Å². The van der Waals surface area contributed by atoms with Gasteiger partial charge in [0.25, 0.3) is 0 Å². The summed E-state index contributed by atoms with van der Waals surface area (Å²) < 4.78 is 4.43. The number of nitrogens with zero attached hydrogens (tertiary/aromatic N) is 7. The van der Waals surface area contributed by atoms with Gasteiger partial charge in [-0.3, -0.25) is 0 Å². The van der Waals surface area contributed by atoms with Gasteiger partial charge in [0.15, 0.2) is 17.5 Å². The first kappa shape index (κ1) is 30.9. The monoisotopic (exact) mass is 689 g/mol. The molecule has 250 valence electrons. The lowest BCUT2D eigenvalue weighted by molar-refractivity contribution is 1.06. The molecule has 7 nitrogen and oxygen atoms in total. The molecule has 3 aromatic heterocycles. The van der Waals surface area contributed by atoms with Crippen LogP contribution in [0.5, 0.6) is 0 Å². The third kappa shape index (κ3) is 4.85. The minimum atomic E-state index is 0.406. The molecule has 0 fully saturated rings. The molecule has 0 unspecified atom stereocenters. The highest BCUT2D eigenvalue weighted by atomic mass is 15.1. The van der Waals surface area contributed by atoms with E-state index in [0.29, 0.717) is 39.7 Å². The van der Waals surface area contributed by atoms with E-state index >= 15 is 0 Å². The van der Waals surface area contributed by atoms with Gasteiger partial charge in [-0.25, -0.2) is 15.0 Å². The summed E-state index contributed by atoms with van der Waals surface area (Å²) in [5.74, 6) is 1.29. The predicted molar refractivity (Wildman–Crippen MR) is 214 cm³/mol. The third-order valence-electron chi connectivity index (χ3n) is 10.0. The maximum absolute atomic E-state index is 10.2. The lowest BCUT2D eigenvalue weighted by atomic mass is 10.1. The fraction of sp³-hybridized carbons (Fsp3) is 0. The summed E-state index contributed by atoms with van der Waals surface area (Å²) in [6.07, 6.45) is 0. The first-order valence-corrected chi connectivity index (χ1v) is 17.6. The first-order valence-electron chi connectivity index (χ1n) is 17.6. The minimum Gasteiger partial charge on any atom is -0.309 e. The Balaban J connectivity index is 1.30. The van der Waals surface area contributed by atoms with Gasteiger partial charge < -0.3 is 9.13 Å². The average Bonchev–Trinajstić information content (AvgIpc) is 3.76. The van der Waals surface area contributed by atoms with Gasteiger partial charge in [-0.15, -0.1) is 0 Å². The maximum Gasteiger partial charge on any atom is 0.166 e. The molecule has 0 N–H and O–H groups in total. The van der Waals surface area contributed by atoms with Gasteiger partial charge >= 0.3 is 0 Å². The van der Waals surface area contributed by atoms with Gasteiger partial charge in [-0.1, -0.05) is 103 Å². The summed E-state index contributed by atoms with van der Waals surface area (Å²) in [6, 6.07) is 59.1. The zero-order valence-corrected chi connectivity index (χ0v) is 28.7. The van der Waals surface area contributed by atoms with Crippen LogP contribution < -0.4 is 0 Å². The smallest absolute Gasteiger partial charge is 0.166 e. The van der Waals surface area contributed by atoms with Crippen LogP contribution in [0.4, 0.5) is 0 Å². The van der Waals surface area contributed by atoms with Crippen molar-refractivity contribution < 1.29 is 0 Å². The molecule has 0 atom stereocenters. The Kier molecular flexibility index (Phi) is 7.11. The quantitative estimate of drug-likeness (QED) is 0.179. The highest BCUT2D eigenvalue weighted by molar-refractivity contribution is 6.10. The summed E-state index contributed by atoms with van der Waals surface area (Å²) in [6.45, 7) is 0. The van der Waals surface area contributed by atoms with Gasteiger partial charge in [-0.2, -0.15) is 10.5 Å². The molecule has 0 radical (unpaired) electrons. The molecule has 0 bridgehead atoms. The van der Waals surface area contributed by atoms with Crippen molar-refractivity contribution in [1.82, 2.24) is 24.1 Å². The average molecular weight is 690 g/mol. The third-order valence-corrected chi connectivity index (χ3v) is 10.0. The van der Waals surface area contributed by atoms with Gasteiger partial charge in [0.2, 0.25) is 0 Å². The van der Waals surface area contributed by atoms with Crippen LogP contribution in [0.1, 0.15) is 11.1 Å². The van der Waals surface area contributed by atoms with E-state index in [-0.39, 0.29) is 0 Å². The Labute approximate surface area is 309 Å². The van der Waals surface area contributed by atoms with Crippen molar-refractivity contribution in [1.29, 1.82) is 10.5 Å². The maximum atomic E-state index is 10.2. The molecular weight excluding hydrogens is 663 g/mol. The molecule has 7 aromatic carbocycles. The highest BCUT2D eigenvalue weighted by Gasteiger charge is 2.22. The van der Waals surface area contributed by atoms with E-state index in [1.165, 1.54) is 0 Å². The summed E-state index contributed by atoms with van der Waals surface area (Å²) in [4.78, 5) is 15.5. The molecule has 0 saturated carbocycles. The number of hydrogen-bond acceptors (Lipinski definition) is 5. The van der Waals surface area contributed by atoms with Gasteiger partial charge in [0.1, 0.15) is 0 Å². The number of para-hydroxylation sites is 4. The van der Waals surface area contributed by atoms with Gasteiger partial charge in [0, 0.05) is 38.2 Å². The summed E-state index contributed by atoms with van der Waals surface area (Å²) in [7, 11) is 0. The molecule has 0 aliphatic rings. The summed E-state index contributed by atoms with van der Waals surface area (Å²) in [5, 5.41) is 24.8. The zero-order valence-electron chi connectivity index (χ0n) is 28.7. The molecule has 10 rings (SSSR count). The predicted octanol–water partition coefficient (Wildman–Crippen LogP) is 10.8. The molecule has 54 heavy (non-hydrogen) atoms. The van der Waals surface area contributed by atoms with E-state index in [9.17, 15) is 10.5 Å². The van der Waals surface area contributed by atoms with E-state index in [0.717, 1.165) is 60.5 Å². The molecule has 0 aliphatic heterocycles. The van der Waals surface area contributed by atoms with E-state index in [1.54, 1.807) is 0 Å². The van der Waals surface area contributed by atoms with E-state index < -0.39 is 0 Å². The SMILES string of the molecule is N#Cc1ccc(-n2c3ccccc3c3ccccc32)c(-c2nc(-c3ccccc3)nc(-c3cc(C#N)ccc3-n3c4ccccc4c4ccccc43)n2)c1. The highest BCUT2D eigenvalue weighted by Crippen LogP contribution is 2.39. The molecule has 3 heterocycles. The number of aromatic nitrogens is 5. The Bertz CT molecular complexity index is 2890. The number of hydrogen-bond donors (Lipinski definition) is 0. The van der Waals surface area contributed by atoms with E-state index in [4.69, 9.17) is 15.0 Å². The fourth-order valence-electron chi connectivity index (χ4n) is 7.66. The molecule has 0 amide bonds. The number of benzene rings is 7. The summed E-state index contributed by atoms with van der Waals surface area (Å²) in [5.41, 5.74) is 8.89. The number of fused-ring (bicyclic) bond motifs is 6. The van der Waals surface area contributed by atoms with Crippen LogP contribution in [0.15, 0.2) is 164 Å². The topological polar surface area (TPSA) is 96.1 Å². The van der Waals surface area contributed by atoms with Crippen molar-refractivity contribution in [3.8, 4) is 57.7 Å². The molecule has 0 saturated heterocycles. The van der Waals surface area contributed by atoms with Crippen molar-refractivity contribution >= 4 is 43.6 Å².